The van der Waals surface area contributed by atoms with Crippen molar-refractivity contribution in [1.82, 2.24) is 14.3 Å². The van der Waals surface area contributed by atoms with Gasteiger partial charge in [-0.15, -0.1) is 0 Å². The Bertz CT molecular complexity index is 333. The molecule has 0 spiro atoms. The molecule has 1 fully saturated rings. The molecule has 0 aromatic heterocycles. The Morgan fingerprint density at radius 3 is 2.24 bits per heavy atom. The van der Waals surface area contributed by atoms with Gasteiger partial charge < -0.3 is 5.32 Å². The van der Waals surface area contributed by atoms with Crippen LogP contribution in [0.1, 0.15) is 33.6 Å². The van der Waals surface area contributed by atoms with Crippen molar-refractivity contribution >= 4 is 10.2 Å². The Labute approximate surface area is 105 Å². The first kappa shape index (κ1) is 14.9. The fourth-order valence-electron chi connectivity index (χ4n) is 1.83. The SMILES string of the molecule is CNC1(C)CCN(S(=O)(=O)NCC(C)C)CC1. The first-order valence-corrected chi connectivity index (χ1v) is 7.67. The molecule has 0 aromatic carbocycles. The van der Waals surface area contributed by atoms with Gasteiger partial charge in [-0.05, 0) is 32.7 Å². The molecule has 0 radical (unpaired) electrons. The quantitative estimate of drug-likeness (QED) is 0.761. The summed E-state index contributed by atoms with van der Waals surface area (Å²) in [5.41, 5.74) is 0.0735. The molecule has 0 unspecified atom stereocenters. The normalized spacial score (nSPS) is 21.9. The highest BCUT2D eigenvalue weighted by Gasteiger charge is 2.33. The van der Waals surface area contributed by atoms with Crippen LogP contribution in [0.3, 0.4) is 0 Å². The van der Waals surface area contributed by atoms with Crippen LogP contribution in [0, 0.1) is 5.92 Å². The van der Waals surface area contributed by atoms with Crippen molar-refractivity contribution in [2.45, 2.75) is 39.2 Å². The van der Waals surface area contributed by atoms with E-state index in [0.717, 1.165) is 12.8 Å². The Morgan fingerprint density at radius 1 is 1.29 bits per heavy atom. The first-order chi connectivity index (χ1) is 7.79. The van der Waals surface area contributed by atoms with E-state index >= 15 is 0 Å². The van der Waals surface area contributed by atoms with Crippen LogP contribution in [0.2, 0.25) is 0 Å². The van der Waals surface area contributed by atoms with Crippen molar-refractivity contribution in [3.05, 3.63) is 0 Å². The summed E-state index contributed by atoms with van der Waals surface area (Å²) in [5.74, 6) is 0.331. The first-order valence-electron chi connectivity index (χ1n) is 6.23. The summed E-state index contributed by atoms with van der Waals surface area (Å²) < 4.78 is 28.2. The number of nitrogens with one attached hydrogen (secondary N) is 2. The number of rotatable bonds is 5. The average molecular weight is 263 g/mol. The minimum Gasteiger partial charge on any atom is -0.314 e. The molecule has 2 N–H and O–H groups in total. The molecule has 0 amide bonds. The van der Waals surface area contributed by atoms with Crippen LogP contribution in [0.15, 0.2) is 0 Å². The second-order valence-electron chi connectivity index (χ2n) is 5.46. The van der Waals surface area contributed by atoms with E-state index < -0.39 is 10.2 Å². The van der Waals surface area contributed by atoms with E-state index in [1.165, 1.54) is 0 Å². The van der Waals surface area contributed by atoms with E-state index in [1.54, 1.807) is 4.31 Å². The summed E-state index contributed by atoms with van der Waals surface area (Å²) in [7, 11) is -1.35. The highest BCUT2D eigenvalue weighted by atomic mass is 32.2. The van der Waals surface area contributed by atoms with Crippen molar-refractivity contribution < 1.29 is 8.42 Å². The maximum atomic E-state index is 12.0. The van der Waals surface area contributed by atoms with Crippen LogP contribution in [-0.2, 0) is 10.2 Å². The van der Waals surface area contributed by atoms with Crippen molar-refractivity contribution in [2.75, 3.05) is 26.7 Å². The van der Waals surface area contributed by atoms with Crippen molar-refractivity contribution in [3.63, 3.8) is 0 Å². The zero-order valence-electron chi connectivity index (χ0n) is 11.3. The number of hydrogen-bond donors (Lipinski definition) is 2. The fraction of sp³-hybridized carbons (Fsp3) is 1.00. The molecule has 0 atom stereocenters. The predicted molar refractivity (Wildman–Crippen MR) is 70.0 cm³/mol. The van der Waals surface area contributed by atoms with Gasteiger partial charge in [0.2, 0.25) is 0 Å². The van der Waals surface area contributed by atoms with Crippen LogP contribution in [0.5, 0.6) is 0 Å². The van der Waals surface area contributed by atoms with Crippen molar-refractivity contribution in [3.8, 4) is 0 Å². The summed E-state index contributed by atoms with van der Waals surface area (Å²) in [6, 6.07) is 0. The topological polar surface area (TPSA) is 61.4 Å². The molecular formula is C11H25N3O2S. The second kappa shape index (κ2) is 5.65. The second-order valence-corrected chi connectivity index (χ2v) is 7.21. The van der Waals surface area contributed by atoms with E-state index in [1.807, 2.05) is 20.9 Å². The summed E-state index contributed by atoms with van der Waals surface area (Å²) in [6.45, 7) is 7.81. The highest BCUT2D eigenvalue weighted by molar-refractivity contribution is 7.87. The van der Waals surface area contributed by atoms with Crippen LogP contribution in [0.25, 0.3) is 0 Å². The molecule has 0 saturated carbocycles. The lowest BCUT2D eigenvalue weighted by Crippen LogP contribution is -2.53. The van der Waals surface area contributed by atoms with Crippen molar-refractivity contribution in [2.24, 2.45) is 5.92 Å². The lowest BCUT2D eigenvalue weighted by molar-refractivity contribution is 0.218. The van der Waals surface area contributed by atoms with Gasteiger partial charge in [0.05, 0.1) is 0 Å². The van der Waals surface area contributed by atoms with E-state index in [-0.39, 0.29) is 5.54 Å². The zero-order chi connectivity index (χ0) is 13.1. The fourth-order valence-corrected chi connectivity index (χ4v) is 3.22. The van der Waals surface area contributed by atoms with E-state index in [2.05, 4.69) is 17.0 Å². The highest BCUT2D eigenvalue weighted by Crippen LogP contribution is 2.22. The molecule has 0 aromatic rings. The molecule has 1 saturated heterocycles. The zero-order valence-corrected chi connectivity index (χ0v) is 12.1. The molecule has 0 aliphatic carbocycles. The largest absolute Gasteiger partial charge is 0.314 e. The monoisotopic (exact) mass is 263 g/mol. The number of hydrogen-bond acceptors (Lipinski definition) is 3. The van der Waals surface area contributed by atoms with Crippen LogP contribution >= 0.6 is 0 Å². The van der Waals surface area contributed by atoms with Gasteiger partial charge in [0.25, 0.3) is 10.2 Å². The lowest BCUT2D eigenvalue weighted by Gasteiger charge is -2.38. The molecule has 0 bridgehead atoms. The van der Waals surface area contributed by atoms with Gasteiger partial charge in [-0.1, -0.05) is 13.8 Å². The Hall–Kier alpha value is -0.170. The standard InChI is InChI=1S/C11H25N3O2S/c1-10(2)9-13-17(15,16)14-7-5-11(3,12-4)6-8-14/h10,12-13H,5-9H2,1-4H3. The molecule has 1 heterocycles. The van der Waals surface area contributed by atoms with E-state index in [9.17, 15) is 8.42 Å². The minimum absolute atomic E-state index is 0.0735. The molecule has 5 nitrogen and oxygen atoms in total. The molecule has 17 heavy (non-hydrogen) atoms. The van der Waals surface area contributed by atoms with Gasteiger partial charge in [-0.3, -0.25) is 0 Å². The molecule has 1 aliphatic heterocycles. The maximum Gasteiger partial charge on any atom is 0.279 e. The third kappa shape index (κ3) is 4.21. The Kier molecular flexibility index (Phi) is 4.95. The van der Waals surface area contributed by atoms with Crippen LogP contribution < -0.4 is 10.0 Å². The molecule has 102 valence electrons. The third-order valence-corrected chi connectivity index (χ3v) is 5.02. The summed E-state index contributed by atoms with van der Waals surface area (Å²) in [5, 5.41) is 3.26. The maximum absolute atomic E-state index is 12.0. The Morgan fingerprint density at radius 2 is 1.82 bits per heavy atom. The molecule has 1 aliphatic rings. The minimum atomic E-state index is -3.28. The molecule has 6 heteroatoms. The van der Waals surface area contributed by atoms with Gasteiger partial charge >= 0.3 is 0 Å². The summed E-state index contributed by atoms with van der Waals surface area (Å²) in [4.78, 5) is 0. The lowest BCUT2D eigenvalue weighted by atomic mass is 9.91. The number of piperidine rings is 1. The van der Waals surface area contributed by atoms with Crippen molar-refractivity contribution in [1.29, 1.82) is 0 Å². The van der Waals surface area contributed by atoms with Gasteiger partial charge in [0.15, 0.2) is 0 Å². The Balaban J connectivity index is 2.53. The van der Waals surface area contributed by atoms with E-state index in [0.29, 0.717) is 25.6 Å². The number of nitrogens with zero attached hydrogens (tertiary/aromatic N) is 1. The predicted octanol–water partition coefficient (Wildman–Crippen LogP) is 0.551. The van der Waals surface area contributed by atoms with E-state index in [4.69, 9.17) is 0 Å². The van der Waals surface area contributed by atoms with Gasteiger partial charge in [0.1, 0.15) is 0 Å². The summed E-state index contributed by atoms with van der Waals surface area (Å²) >= 11 is 0. The third-order valence-electron chi connectivity index (χ3n) is 3.44. The van der Waals surface area contributed by atoms with Crippen LogP contribution in [-0.4, -0.2) is 44.9 Å². The molecular weight excluding hydrogens is 238 g/mol. The van der Waals surface area contributed by atoms with Gasteiger partial charge in [0, 0.05) is 25.2 Å². The smallest absolute Gasteiger partial charge is 0.279 e. The molecule has 1 rings (SSSR count). The van der Waals surface area contributed by atoms with Gasteiger partial charge in [-0.25, -0.2) is 4.72 Å². The average Bonchev–Trinajstić information content (AvgIpc) is 2.27. The van der Waals surface area contributed by atoms with Gasteiger partial charge in [-0.2, -0.15) is 12.7 Å². The summed E-state index contributed by atoms with van der Waals surface area (Å²) in [6.07, 6.45) is 1.71. The van der Waals surface area contributed by atoms with Crippen LogP contribution in [0.4, 0.5) is 0 Å².